The van der Waals surface area contributed by atoms with Crippen molar-refractivity contribution in [1.82, 2.24) is 4.90 Å². The van der Waals surface area contributed by atoms with E-state index in [9.17, 15) is 15.2 Å². The Morgan fingerprint density at radius 3 is 2.70 bits per heavy atom. The minimum absolute atomic E-state index is 0.111. The number of carbonyl (C=O) groups excluding carboxylic acids is 1. The van der Waals surface area contributed by atoms with Gasteiger partial charge in [-0.25, -0.2) is 0 Å². The molecule has 2 aliphatic heterocycles. The maximum Gasteiger partial charge on any atom is 0.231 e. The van der Waals surface area contributed by atoms with Crippen LogP contribution in [0.15, 0.2) is 59.1 Å². The summed E-state index contributed by atoms with van der Waals surface area (Å²) in [6.45, 7) is 2.45. The van der Waals surface area contributed by atoms with Crippen LogP contribution in [0.25, 0.3) is 0 Å². The summed E-state index contributed by atoms with van der Waals surface area (Å²) in [6.07, 6.45) is 0.111. The normalized spacial score (nSPS) is 23.2. The molecule has 1 N–H and O–H groups in total. The van der Waals surface area contributed by atoms with Crippen molar-refractivity contribution in [2.24, 2.45) is 0 Å². The van der Waals surface area contributed by atoms with Crippen LogP contribution in [0.5, 0.6) is 11.5 Å². The zero-order valence-electron chi connectivity index (χ0n) is 16.8. The van der Waals surface area contributed by atoms with Gasteiger partial charge in [-0.05, 0) is 36.8 Å². The third-order valence-corrected chi connectivity index (χ3v) is 6.66. The number of carbonyl (C=O) groups is 1. The summed E-state index contributed by atoms with van der Waals surface area (Å²) in [5, 5.41) is 21.9. The van der Waals surface area contributed by atoms with Crippen LogP contribution in [0.4, 0.5) is 0 Å². The van der Waals surface area contributed by atoms with Gasteiger partial charge >= 0.3 is 0 Å². The largest absolute Gasteiger partial charge is 0.497 e. The molecule has 154 valence electrons. The summed E-state index contributed by atoms with van der Waals surface area (Å²) in [5.41, 5.74) is 0.445. The smallest absolute Gasteiger partial charge is 0.231 e. The topological polar surface area (TPSA) is 82.8 Å². The molecule has 0 radical (unpaired) electrons. The predicted octanol–water partition coefficient (Wildman–Crippen LogP) is 3.74. The number of aliphatic hydroxyl groups is 1. The van der Waals surface area contributed by atoms with Gasteiger partial charge in [0.1, 0.15) is 11.5 Å². The molecule has 7 heteroatoms. The van der Waals surface area contributed by atoms with Crippen LogP contribution < -0.4 is 9.47 Å². The number of amides is 1. The van der Waals surface area contributed by atoms with Crippen molar-refractivity contribution in [2.45, 2.75) is 25.0 Å². The first-order valence-corrected chi connectivity index (χ1v) is 10.7. The molecule has 2 heterocycles. The molecule has 4 rings (SSSR count). The van der Waals surface area contributed by atoms with Crippen LogP contribution in [-0.2, 0) is 10.5 Å². The van der Waals surface area contributed by atoms with Gasteiger partial charge in [-0.1, -0.05) is 24.3 Å². The van der Waals surface area contributed by atoms with Crippen LogP contribution in [0, 0.1) is 11.3 Å². The lowest BCUT2D eigenvalue weighted by molar-refractivity contribution is -0.149. The van der Waals surface area contributed by atoms with Crippen molar-refractivity contribution in [3.63, 3.8) is 0 Å². The van der Waals surface area contributed by atoms with Crippen LogP contribution >= 0.6 is 11.8 Å². The third kappa shape index (κ3) is 3.32. The van der Waals surface area contributed by atoms with Crippen LogP contribution in [0.2, 0.25) is 0 Å². The zero-order chi connectivity index (χ0) is 21.3. The number of rotatable bonds is 5. The van der Waals surface area contributed by atoms with E-state index in [4.69, 9.17) is 9.47 Å². The number of hydrogen-bond acceptors (Lipinski definition) is 6. The minimum atomic E-state index is -1.50. The van der Waals surface area contributed by atoms with Gasteiger partial charge in [0.2, 0.25) is 5.91 Å². The van der Waals surface area contributed by atoms with Gasteiger partial charge in [0.05, 0.1) is 36.1 Å². The number of methoxy groups -OCH3 is 1. The lowest BCUT2D eigenvalue weighted by atomic mass is 9.85. The van der Waals surface area contributed by atoms with Crippen molar-refractivity contribution in [1.29, 1.82) is 5.26 Å². The highest BCUT2D eigenvalue weighted by Crippen LogP contribution is 2.51. The van der Waals surface area contributed by atoms with E-state index in [1.807, 2.05) is 31.2 Å². The molecule has 1 saturated heterocycles. The quantitative estimate of drug-likeness (QED) is 0.790. The molecule has 1 amide bonds. The molecular weight excluding hydrogens is 400 g/mol. The van der Waals surface area contributed by atoms with Gasteiger partial charge in [0, 0.05) is 17.9 Å². The summed E-state index contributed by atoms with van der Waals surface area (Å²) in [5.74, 6) is 1.07. The summed E-state index contributed by atoms with van der Waals surface area (Å²) in [6, 6.07) is 16.8. The maximum atomic E-state index is 13.2. The molecule has 2 aromatic carbocycles. The average molecular weight is 423 g/mol. The second kappa shape index (κ2) is 8.05. The first-order valence-electron chi connectivity index (χ1n) is 9.71. The third-order valence-electron chi connectivity index (χ3n) is 5.43. The number of hydrogen-bond donors (Lipinski definition) is 1. The summed E-state index contributed by atoms with van der Waals surface area (Å²) in [4.78, 5) is 14.6. The van der Waals surface area contributed by atoms with Crippen molar-refractivity contribution in [3.05, 3.63) is 70.3 Å². The monoisotopic (exact) mass is 422 g/mol. The lowest BCUT2D eigenvalue weighted by Crippen LogP contribution is -2.48. The standard InChI is InChI=1S/C23H22N2O4S/c1-3-29-17-9-7-16(8-10-17)23(27)14-30-22-20(13-24)19(12-21(26)25(22)23)15-5-4-6-18(11-15)28-2/h4-11,19,27H,3,12,14H2,1-2H3/t19-,23+/m1/s1. The number of benzene rings is 2. The highest BCUT2D eigenvalue weighted by atomic mass is 32.2. The Morgan fingerprint density at radius 1 is 1.27 bits per heavy atom. The molecule has 0 bridgehead atoms. The number of fused-ring (bicyclic) bond motifs is 1. The van der Waals surface area contributed by atoms with Gasteiger partial charge < -0.3 is 14.6 Å². The van der Waals surface area contributed by atoms with Crippen molar-refractivity contribution >= 4 is 17.7 Å². The van der Waals surface area contributed by atoms with E-state index in [1.165, 1.54) is 16.7 Å². The number of nitriles is 1. The SMILES string of the molecule is CCOc1ccc([C@@]2(O)CSC3=C(C#N)[C@@H](c4cccc(OC)c4)CC(=O)N32)cc1. The number of ether oxygens (including phenoxy) is 2. The van der Waals surface area contributed by atoms with E-state index in [-0.39, 0.29) is 24.0 Å². The van der Waals surface area contributed by atoms with Gasteiger partial charge in [-0.2, -0.15) is 5.26 Å². The predicted molar refractivity (Wildman–Crippen MR) is 114 cm³/mol. The number of allylic oxidation sites excluding steroid dienone is 1. The Balaban J connectivity index is 1.74. The molecule has 0 aliphatic carbocycles. The van der Waals surface area contributed by atoms with E-state index in [0.29, 0.717) is 34.3 Å². The fourth-order valence-electron chi connectivity index (χ4n) is 3.97. The average Bonchev–Trinajstić information content (AvgIpc) is 3.13. The van der Waals surface area contributed by atoms with Crippen molar-refractivity contribution < 1.29 is 19.4 Å². The van der Waals surface area contributed by atoms with Crippen LogP contribution in [-0.4, -0.2) is 35.4 Å². The zero-order valence-corrected chi connectivity index (χ0v) is 17.6. The Morgan fingerprint density at radius 2 is 2.03 bits per heavy atom. The Hall–Kier alpha value is -2.95. The Kier molecular flexibility index (Phi) is 5.46. The molecule has 30 heavy (non-hydrogen) atoms. The van der Waals surface area contributed by atoms with E-state index in [2.05, 4.69) is 6.07 Å². The van der Waals surface area contributed by atoms with Crippen LogP contribution in [0.3, 0.4) is 0 Å². The molecule has 0 saturated carbocycles. The molecule has 1 fully saturated rings. The summed E-state index contributed by atoms with van der Waals surface area (Å²) >= 11 is 1.34. The molecule has 0 spiro atoms. The molecule has 2 atom stereocenters. The van der Waals surface area contributed by atoms with E-state index >= 15 is 0 Å². The Bertz CT molecular complexity index is 1040. The second-order valence-corrected chi connectivity index (χ2v) is 8.12. The molecule has 2 aromatic rings. The van der Waals surface area contributed by atoms with E-state index in [1.54, 1.807) is 31.4 Å². The van der Waals surface area contributed by atoms with Crippen LogP contribution in [0.1, 0.15) is 30.4 Å². The molecule has 0 aromatic heterocycles. The minimum Gasteiger partial charge on any atom is -0.497 e. The molecule has 0 unspecified atom stereocenters. The summed E-state index contributed by atoms with van der Waals surface area (Å²) < 4.78 is 10.8. The van der Waals surface area contributed by atoms with Gasteiger partial charge in [-0.3, -0.25) is 9.69 Å². The van der Waals surface area contributed by atoms with E-state index < -0.39 is 5.72 Å². The lowest BCUT2D eigenvalue weighted by Gasteiger charge is -2.38. The van der Waals surface area contributed by atoms with Gasteiger partial charge in [0.25, 0.3) is 0 Å². The molecule has 6 nitrogen and oxygen atoms in total. The Labute approximate surface area is 179 Å². The fraction of sp³-hybridized carbons (Fsp3) is 0.304. The van der Waals surface area contributed by atoms with Gasteiger partial charge in [0.15, 0.2) is 5.72 Å². The van der Waals surface area contributed by atoms with Crippen molar-refractivity contribution in [2.75, 3.05) is 19.5 Å². The molecule has 2 aliphatic rings. The highest BCUT2D eigenvalue weighted by Gasteiger charge is 2.51. The molecular formula is C23H22N2O4S. The maximum absolute atomic E-state index is 13.2. The number of thioether (sulfide) groups is 1. The van der Waals surface area contributed by atoms with Gasteiger partial charge in [-0.15, -0.1) is 11.8 Å². The first-order chi connectivity index (χ1) is 14.5. The summed E-state index contributed by atoms with van der Waals surface area (Å²) in [7, 11) is 1.58. The number of nitrogens with zero attached hydrogens (tertiary/aromatic N) is 2. The highest BCUT2D eigenvalue weighted by molar-refractivity contribution is 8.03. The fourth-order valence-corrected chi connectivity index (χ4v) is 5.33. The second-order valence-electron chi connectivity index (χ2n) is 7.16. The first kappa shape index (κ1) is 20.3. The van der Waals surface area contributed by atoms with Crippen molar-refractivity contribution in [3.8, 4) is 17.6 Å². The van der Waals surface area contributed by atoms with E-state index in [0.717, 1.165) is 5.56 Å².